The molecule has 0 aliphatic carbocycles. The lowest BCUT2D eigenvalue weighted by Gasteiger charge is -2.10. The van der Waals surface area contributed by atoms with E-state index in [0.29, 0.717) is 5.58 Å². The predicted octanol–water partition coefficient (Wildman–Crippen LogP) is 8.19. The number of hydrazone groups is 1. The molecule has 0 fully saturated rings. The van der Waals surface area contributed by atoms with E-state index in [1.807, 2.05) is 56.3 Å². The van der Waals surface area contributed by atoms with Crippen LogP contribution >= 0.6 is 43.6 Å². The van der Waals surface area contributed by atoms with Crippen molar-refractivity contribution in [3.63, 3.8) is 0 Å². The minimum atomic E-state index is -0.444. The standard InChI is InChI=1S/C28H20Br2N4O4S/c1-16-11-19(15-31-32-28(35)26-13-18-12-20(29)14-25(30)27(18)38-26)17(2)33(16)21-3-7-23(8-4-21)39-24-9-5-22(6-10-24)34(36)37/h3-15H,1-2H3,(H,32,35)/b31-15-. The summed E-state index contributed by atoms with van der Waals surface area (Å²) in [5.74, 6) is -0.279. The zero-order valence-electron chi connectivity index (χ0n) is 20.6. The summed E-state index contributed by atoms with van der Waals surface area (Å²) in [5, 5.41) is 15.8. The van der Waals surface area contributed by atoms with E-state index in [9.17, 15) is 14.9 Å². The number of hydrogen-bond donors (Lipinski definition) is 1. The number of halogens is 2. The number of benzene rings is 3. The van der Waals surface area contributed by atoms with Gasteiger partial charge in [0.25, 0.3) is 5.69 Å². The second-order valence-electron chi connectivity index (χ2n) is 8.62. The molecule has 0 radical (unpaired) electrons. The fourth-order valence-electron chi connectivity index (χ4n) is 4.15. The van der Waals surface area contributed by atoms with Crippen molar-refractivity contribution in [2.45, 2.75) is 23.6 Å². The van der Waals surface area contributed by atoms with Gasteiger partial charge in [0.15, 0.2) is 5.76 Å². The van der Waals surface area contributed by atoms with E-state index in [0.717, 1.165) is 46.8 Å². The van der Waals surface area contributed by atoms with E-state index in [1.54, 1.807) is 24.4 Å². The van der Waals surface area contributed by atoms with Crippen LogP contribution in [-0.4, -0.2) is 21.6 Å². The maximum absolute atomic E-state index is 12.6. The SMILES string of the molecule is Cc1cc(/C=N\NC(=O)c2cc3cc(Br)cc(Br)c3o2)c(C)n1-c1ccc(Sc2ccc([N+](=O)[O-])cc2)cc1. The van der Waals surface area contributed by atoms with Gasteiger partial charge < -0.3 is 8.98 Å². The summed E-state index contributed by atoms with van der Waals surface area (Å²) in [5.41, 5.74) is 7.05. The summed E-state index contributed by atoms with van der Waals surface area (Å²) >= 11 is 8.41. The molecule has 0 saturated carbocycles. The highest BCUT2D eigenvalue weighted by Crippen LogP contribution is 2.32. The van der Waals surface area contributed by atoms with Gasteiger partial charge >= 0.3 is 5.91 Å². The number of nitro benzene ring substituents is 1. The number of carbonyl (C=O) groups excluding carboxylic acids is 1. The lowest BCUT2D eigenvalue weighted by molar-refractivity contribution is -0.384. The molecular formula is C28H20Br2N4O4S. The highest BCUT2D eigenvalue weighted by Gasteiger charge is 2.15. The number of nitrogens with zero attached hydrogens (tertiary/aromatic N) is 3. The van der Waals surface area contributed by atoms with Crippen LogP contribution in [0.4, 0.5) is 5.69 Å². The van der Waals surface area contributed by atoms with Gasteiger partial charge in [-0.15, -0.1) is 0 Å². The summed E-state index contributed by atoms with van der Waals surface area (Å²) in [7, 11) is 0. The van der Waals surface area contributed by atoms with E-state index in [2.05, 4.69) is 47.0 Å². The molecule has 3 aromatic carbocycles. The fourth-order valence-corrected chi connectivity index (χ4v) is 6.31. The third-order valence-corrected chi connectivity index (χ3v) is 8.04. The average molecular weight is 668 g/mol. The van der Waals surface area contributed by atoms with E-state index >= 15 is 0 Å². The number of nitrogens with one attached hydrogen (secondary N) is 1. The molecular weight excluding hydrogens is 648 g/mol. The van der Waals surface area contributed by atoms with Gasteiger partial charge in [0.05, 0.1) is 15.6 Å². The van der Waals surface area contributed by atoms with E-state index in [4.69, 9.17) is 4.42 Å². The van der Waals surface area contributed by atoms with Crippen molar-refractivity contribution in [2.75, 3.05) is 0 Å². The lowest BCUT2D eigenvalue weighted by Crippen LogP contribution is -2.16. The molecule has 5 rings (SSSR count). The Labute approximate surface area is 244 Å². The number of non-ortho nitro benzene ring substituents is 1. The van der Waals surface area contributed by atoms with Crippen LogP contribution in [0.15, 0.2) is 101 Å². The number of rotatable bonds is 7. The van der Waals surface area contributed by atoms with Crippen LogP contribution in [0, 0.1) is 24.0 Å². The quantitative estimate of drug-likeness (QED) is 0.107. The number of hydrogen-bond acceptors (Lipinski definition) is 6. The highest BCUT2D eigenvalue weighted by atomic mass is 79.9. The number of aryl methyl sites for hydroxylation is 1. The van der Waals surface area contributed by atoms with Crippen LogP contribution < -0.4 is 5.43 Å². The summed E-state index contributed by atoms with van der Waals surface area (Å²) in [6.45, 7) is 4.00. The maximum Gasteiger partial charge on any atom is 0.307 e. The molecule has 0 spiro atoms. The molecule has 1 amide bonds. The third kappa shape index (κ3) is 5.85. The minimum Gasteiger partial charge on any atom is -0.450 e. The van der Waals surface area contributed by atoms with Crippen LogP contribution in [0.5, 0.6) is 0 Å². The first-order valence-electron chi connectivity index (χ1n) is 11.6. The fraction of sp³-hybridized carbons (Fsp3) is 0.0714. The van der Waals surface area contributed by atoms with Crippen LogP contribution in [0.25, 0.3) is 16.7 Å². The van der Waals surface area contributed by atoms with Crippen LogP contribution in [0.1, 0.15) is 27.5 Å². The number of amides is 1. The topological polar surface area (TPSA) is 103 Å². The van der Waals surface area contributed by atoms with Gasteiger partial charge in [-0.1, -0.05) is 27.7 Å². The minimum absolute atomic E-state index is 0.0725. The van der Waals surface area contributed by atoms with Gasteiger partial charge in [-0.05, 0) is 90.4 Å². The molecule has 8 nitrogen and oxygen atoms in total. The molecule has 2 heterocycles. The maximum atomic E-state index is 12.6. The van der Waals surface area contributed by atoms with Gasteiger partial charge in [0, 0.05) is 54.4 Å². The Kier molecular flexibility index (Phi) is 7.74. The Morgan fingerprint density at radius 1 is 1.03 bits per heavy atom. The number of furan rings is 1. The van der Waals surface area contributed by atoms with Crippen molar-refractivity contribution in [3.8, 4) is 5.69 Å². The number of carbonyl (C=O) groups is 1. The van der Waals surface area contributed by atoms with Crippen LogP contribution in [-0.2, 0) is 0 Å². The smallest absolute Gasteiger partial charge is 0.307 e. The number of fused-ring (bicyclic) bond motifs is 1. The first-order chi connectivity index (χ1) is 18.7. The monoisotopic (exact) mass is 666 g/mol. The van der Waals surface area contributed by atoms with Gasteiger partial charge in [-0.25, -0.2) is 5.43 Å². The molecule has 0 bridgehead atoms. The highest BCUT2D eigenvalue weighted by molar-refractivity contribution is 9.11. The van der Waals surface area contributed by atoms with Crippen LogP contribution in [0.3, 0.4) is 0 Å². The Morgan fingerprint density at radius 2 is 1.69 bits per heavy atom. The summed E-state index contributed by atoms with van der Waals surface area (Å²) in [6.07, 6.45) is 1.62. The first-order valence-corrected chi connectivity index (χ1v) is 14.0. The normalized spacial score (nSPS) is 11.4. The Balaban J connectivity index is 1.28. The Bertz CT molecular complexity index is 1740. The second kappa shape index (κ2) is 11.2. The van der Waals surface area contributed by atoms with Crippen molar-refractivity contribution in [1.29, 1.82) is 0 Å². The van der Waals surface area contributed by atoms with E-state index in [1.165, 1.54) is 23.9 Å². The predicted molar refractivity (Wildman–Crippen MR) is 159 cm³/mol. The summed E-state index contributed by atoms with van der Waals surface area (Å²) in [4.78, 5) is 25.0. The van der Waals surface area contributed by atoms with E-state index < -0.39 is 10.8 Å². The number of aromatic nitrogens is 1. The molecule has 196 valence electrons. The first kappa shape index (κ1) is 26.9. The van der Waals surface area contributed by atoms with Gasteiger partial charge in [0.2, 0.25) is 0 Å². The average Bonchev–Trinajstić information content (AvgIpc) is 3.45. The molecule has 0 aliphatic rings. The van der Waals surface area contributed by atoms with Crippen molar-refractivity contribution in [2.24, 2.45) is 5.10 Å². The molecule has 0 saturated heterocycles. The summed E-state index contributed by atoms with van der Waals surface area (Å²) < 4.78 is 9.43. The molecule has 0 unspecified atom stereocenters. The van der Waals surface area contributed by atoms with Gasteiger partial charge in [0.1, 0.15) is 5.58 Å². The van der Waals surface area contributed by atoms with Crippen LogP contribution in [0.2, 0.25) is 0 Å². The van der Waals surface area contributed by atoms with Crippen molar-refractivity contribution >= 4 is 72.4 Å². The lowest BCUT2D eigenvalue weighted by atomic mass is 10.2. The zero-order chi connectivity index (χ0) is 27.7. The zero-order valence-corrected chi connectivity index (χ0v) is 24.6. The van der Waals surface area contributed by atoms with Crippen molar-refractivity contribution in [1.82, 2.24) is 9.99 Å². The largest absolute Gasteiger partial charge is 0.450 e. The molecule has 1 N–H and O–H groups in total. The molecule has 5 aromatic rings. The van der Waals surface area contributed by atoms with Gasteiger partial charge in [-0.2, -0.15) is 5.10 Å². The van der Waals surface area contributed by atoms with Crippen molar-refractivity contribution in [3.05, 3.63) is 115 Å². The molecule has 39 heavy (non-hydrogen) atoms. The Hall–Kier alpha value is -3.67. The number of nitro groups is 1. The molecule has 0 aliphatic heterocycles. The van der Waals surface area contributed by atoms with Crippen molar-refractivity contribution < 1.29 is 14.1 Å². The Morgan fingerprint density at radius 3 is 2.36 bits per heavy atom. The van der Waals surface area contributed by atoms with E-state index in [-0.39, 0.29) is 11.4 Å². The molecule has 2 aromatic heterocycles. The summed E-state index contributed by atoms with van der Waals surface area (Å²) in [6, 6.07) is 22.0. The molecule has 0 atom stereocenters. The third-order valence-electron chi connectivity index (χ3n) is 5.98. The van der Waals surface area contributed by atoms with Gasteiger partial charge in [-0.3, -0.25) is 14.9 Å². The second-order valence-corrected chi connectivity index (χ2v) is 11.5. The molecule has 11 heteroatoms.